The summed E-state index contributed by atoms with van der Waals surface area (Å²) in [5, 5.41) is 5.39. The van der Waals surface area contributed by atoms with Crippen molar-refractivity contribution in [3.05, 3.63) is 94.4 Å². The van der Waals surface area contributed by atoms with E-state index in [0.717, 1.165) is 40.6 Å². The molecule has 0 aliphatic heterocycles. The molecule has 4 rings (SSSR count). The van der Waals surface area contributed by atoms with Crippen LogP contribution < -0.4 is 5.32 Å². The molecule has 0 spiro atoms. The molecular formula is C24H21Cl2FN2. The lowest BCUT2D eigenvalue weighted by Crippen LogP contribution is -2.17. The van der Waals surface area contributed by atoms with Crippen LogP contribution in [0, 0.1) is 5.82 Å². The van der Waals surface area contributed by atoms with Crippen molar-refractivity contribution in [3.8, 4) is 11.1 Å². The highest BCUT2D eigenvalue weighted by Gasteiger charge is 2.19. The van der Waals surface area contributed by atoms with Gasteiger partial charge in [-0.05, 0) is 61.5 Å². The largest absolute Gasteiger partial charge is 0.339 e. The van der Waals surface area contributed by atoms with Crippen LogP contribution in [0.25, 0.3) is 22.0 Å². The van der Waals surface area contributed by atoms with E-state index in [0.29, 0.717) is 10.0 Å². The van der Waals surface area contributed by atoms with Gasteiger partial charge in [0, 0.05) is 22.7 Å². The van der Waals surface area contributed by atoms with Gasteiger partial charge >= 0.3 is 0 Å². The molecule has 3 aromatic carbocycles. The van der Waals surface area contributed by atoms with E-state index >= 15 is 0 Å². The zero-order valence-electron chi connectivity index (χ0n) is 16.0. The Kier molecular flexibility index (Phi) is 5.91. The Morgan fingerprint density at radius 1 is 0.966 bits per heavy atom. The lowest BCUT2D eigenvalue weighted by molar-refractivity contribution is 0.534. The van der Waals surface area contributed by atoms with Gasteiger partial charge in [0.15, 0.2) is 0 Å². The first-order chi connectivity index (χ1) is 14.1. The molecule has 1 N–H and O–H groups in total. The first-order valence-electron chi connectivity index (χ1n) is 9.53. The van der Waals surface area contributed by atoms with Gasteiger partial charge in [0.1, 0.15) is 5.82 Å². The van der Waals surface area contributed by atoms with Crippen LogP contribution in [0.4, 0.5) is 4.39 Å². The zero-order chi connectivity index (χ0) is 20.4. The predicted molar refractivity (Wildman–Crippen MR) is 120 cm³/mol. The highest BCUT2D eigenvalue weighted by Crippen LogP contribution is 2.37. The molecule has 1 atom stereocenters. The van der Waals surface area contributed by atoms with Crippen molar-refractivity contribution in [1.82, 2.24) is 9.88 Å². The normalized spacial score (nSPS) is 12.4. The minimum absolute atomic E-state index is 0.000396. The number of hydrogen-bond acceptors (Lipinski definition) is 1. The average molecular weight is 427 g/mol. The Morgan fingerprint density at radius 3 is 2.55 bits per heavy atom. The van der Waals surface area contributed by atoms with Crippen LogP contribution in [0.5, 0.6) is 0 Å². The molecule has 148 valence electrons. The molecule has 4 aromatic rings. The summed E-state index contributed by atoms with van der Waals surface area (Å²) < 4.78 is 16.2. The molecule has 0 aliphatic carbocycles. The van der Waals surface area contributed by atoms with E-state index in [1.54, 1.807) is 12.1 Å². The van der Waals surface area contributed by atoms with Gasteiger partial charge in [0.25, 0.3) is 0 Å². The van der Waals surface area contributed by atoms with Gasteiger partial charge in [-0.2, -0.15) is 0 Å². The second-order valence-corrected chi connectivity index (χ2v) is 7.87. The molecule has 0 fully saturated rings. The summed E-state index contributed by atoms with van der Waals surface area (Å²) in [7, 11) is 1.93. The van der Waals surface area contributed by atoms with E-state index in [-0.39, 0.29) is 11.9 Å². The Labute approximate surface area is 179 Å². The fraction of sp³-hybridized carbons (Fsp3) is 0.167. The molecule has 0 amide bonds. The lowest BCUT2D eigenvalue weighted by atomic mass is 10.0. The third-order valence-electron chi connectivity index (χ3n) is 5.21. The minimum Gasteiger partial charge on any atom is -0.339 e. The van der Waals surface area contributed by atoms with Gasteiger partial charge in [-0.15, -0.1) is 0 Å². The van der Waals surface area contributed by atoms with Crippen LogP contribution >= 0.6 is 23.2 Å². The fourth-order valence-corrected chi connectivity index (χ4v) is 4.12. The maximum Gasteiger partial charge on any atom is 0.123 e. The van der Waals surface area contributed by atoms with Crippen molar-refractivity contribution >= 4 is 34.1 Å². The van der Waals surface area contributed by atoms with E-state index in [1.807, 2.05) is 43.4 Å². The number of rotatable bonds is 6. The van der Waals surface area contributed by atoms with Crippen LogP contribution in [-0.2, 0) is 0 Å². The number of nitrogens with zero attached hydrogens (tertiary/aromatic N) is 1. The maximum absolute atomic E-state index is 14.0. The number of para-hydroxylation sites is 1. The summed E-state index contributed by atoms with van der Waals surface area (Å²) in [6, 6.07) is 20.8. The van der Waals surface area contributed by atoms with Gasteiger partial charge < -0.3 is 9.88 Å². The molecule has 0 bridgehead atoms. The maximum atomic E-state index is 14.0. The van der Waals surface area contributed by atoms with Gasteiger partial charge in [-0.1, -0.05) is 59.6 Å². The van der Waals surface area contributed by atoms with Crippen molar-refractivity contribution in [2.75, 3.05) is 13.6 Å². The average Bonchev–Trinajstić information content (AvgIpc) is 3.10. The molecule has 1 heterocycles. The third kappa shape index (κ3) is 4.04. The van der Waals surface area contributed by atoms with Crippen molar-refractivity contribution in [3.63, 3.8) is 0 Å². The van der Waals surface area contributed by atoms with Gasteiger partial charge in [0.2, 0.25) is 0 Å². The minimum atomic E-state index is -0.224. The fourth-order valence-electron chi connectivity index (χ4n) is 3.82. The predicted octanol–water partition coefficient (Wildman–Crippen LogP) is 6.95. The Balaban J connectivity index is 1.90. The number of nitrogens with one attached hydrogen (secondary N) is 1. The number of halogens is 3. The molecular weight excluding hydrogens is 406 g/mol. The summed E-state index contributed by atoms with van der Waals surface area (Å²) in [6.07, 6.45) is 2.97. The Morgan fingerprint density at radius 2 is 1.79 bits per heavy atom. The summed E-state index contributed by atoms with van der Waals surface area (Å²) in [5.74, 6) is -0.224. The Bertz CT molecular complexity index is 1150. The quantitative estimate of drug-likeness (QED) is 0.352. The lowest BCUT2D eigenvalue weighted by Gasteiger charge is -2.21. The summed E-state index contributed by atoms with van der Waals surface area (Å²) in [4.78, 5) is 0. The molecule has 0 saturated carbocycles. The topological polar surface area (TPSA) is 17.0 Å². The number of fused-ring (bicyclic) bond motifs is 1. The molecule has 0 radical (unpaired) electrons. The molecule has 2 nitrogen and oxygen atoms in total. The number of benzene rings is 3. The van der Waals surface area contributed by atoms with Crippen LogP contribution in [0.1, 0.15) is 18.0 Å². The van der Waals surface area contributed by atoms with Crippen molar-refractivity contribution in [2.45, 2.75) is 12.5 Å². The number of aromatic nitrogens is 1. The van der Waals surface area contributed by atoms with Crippen LogP contribution in [0.15, 0.2) is 72.9 Å². The first-order valence-corrected chi connectivity index (χ1v) is 10.3. The van der Waals surface area contributed by atoms with E-state index in [1.165, 1.54) is 6.07 Å². The van der Waals surface area contributed by atoms with Gasteiger partial charge in [-0.25, -0.2) is 4.39 Å². The second kappa shape index (κ2) is 8.58. The summed E-state index contributed by atoms with van der Waals surface area (Å²) in [5.41, 5.74) is 4.12. The molecule has 1 unspecified atom stereocenters. The third-order valence-corrected chi connectivity index (χ3v) is 5.95. The van der Waals surface area contributed by atoms with E-state index in [4.69, 9.17) is 23.2 Å². The summed E-state index contributed by atoms with van der Waals surface area (Å²) in [6.45, 7) is 0.815. The SMILES string of the molecule is CNCCC(c1cccc(F)c1)n1cc(-c2ccc(Cl)c(Cl)c2)c2ccccc21. The van der Waals surface area contributed by atoms with Crippen molar-refractivity contribution in [2.24, 2.45) is 0 Å². The van der Waals surface area contributed by atoms with E-state index in [2.05, 4.69) is 28.2 Å². The smallest absolute Gasteiger partial charge is 0.123 e. The first kappa shape index (κ1) is 20.0. The van der Waals surface area contributed by atoms with E-state index in [9.17, 15) is 4.39 Å². The van der Waals surface area contributed by atoms with Gasteiger partial charge in [-0.3, -0.25) is 0 Å². The Hall–Kier alpha value is -2.33. The van der Waals surface area contributed by atoms with Crippen molar-refractivity contribution in [1.29, 1.82) is 0 Å². The van der Waals surface area contributed by atoms with Crippen LogP contribution in [-0.4, -0.2) is 18.2 Å². The second-order valence-electron chi connectivity index (χ2n) is 7.06. The van der Waals surface area contributed by atoms with Crippen molar-refractivity contribution < 1.29 is 4.39 Å². The van der Waals surface area contributed by atoms with Crippen LogP contribution in [0.3, 0.4) is 0 Å². The highest BCUT2D eigenvalue weighted by molar-refractivity contribution is 6.42. The van der Waals surface area contributed by atoms with Crippen LogP contribution in [0.2, 0.25) is 10.0 Å². The number of hydrogen-bond donors (Lipinski definition) is 1. The molecule has 5 heteroatoms. The van der Waals surface area contributed by atoms with E-state index < -0.39 is 0 Å². The summed E-state index contributed by atoms with van der Waals surface area (Å²) >= 11 is 12.4. The molecule has 29 heavy (non-hydrogen) atoms. The molecule has 1 aromatic heterocycles. The standard InChI is InChI=1S/C24H21Cl2FN2/c1-28-12-11-23(17-5-4-6-18(27)13-17)29-15-20(19-7-2-3-8-24(19)29)16-9-10-21(25)22(26)14-16/h2-10,13-15,23,28H,11-12H2,1H3. The molecule has 0 saturated heterocycles. The zero-order valence-corrected chi connectivity index (χ0v) is 17.5. The van der Waals surface area contributed by atoms with Gasteiger partial charge in [0.05, 0.1) is 16.1 Å². The molecule has 0 aliphatic rings. The highest BCUT2D eigenvalue weighted by atomic mass is 35.5. The monoisotopic (exact) mass is 426 g/mol.